The summed E-state index contributed by atoms with van der Waals surface area (Å²) in [6.45, 7) is 27.7. The van der Waals surface area contributed by atoms with E-state index >= 15 is 0 Å². The number of phosphoric ester groups is 1. The van der Waals surface area contributed by atoms with Crippen LogP contribution in [-0.4, -0.2) is 91.9 Å². The van der Waals surface area contributed by atoms with Gasteiger partial charge in [-0.15, -0.1) is 4.67 Å². The fraction of sp³-hybridized carbons (Fsp3) is 0.911. The van der Waals surface area contributed by atoms with Crippen LogP contribution >= 0.6 is 24.8 Å². The highest BCUT2D eigenvalue weighted by atomic mass is 31.2. The molecule has 382 valence electrons. The molecule has 1 fully saturated rings. The van der Waals surface area contributed by atoms with Crippen LogP contribution in [0.25, 0.3) is 0 Å². The van der Waals surface area contributed by atoms with Gasteiger partial charge in [0.25, 0.3) is 0 Å². The molecule has 0 radical (unpaired) electrons. The number of phosphoric acid groups is 1. The molecule has 1 aliphatic rings. The predicted molar refractivity (Wildman–Crippen MR) is 264 cm³/mol. The van der Waals surface area contributed by atoms with E-state index in [1.54, 1.807) is 0 Å². The number of hydrogen-bond donors (Lipinski definition) is 2. The highest BCUT2D eigenvalue weighted by Crippen LogP contribution is 2.51. The molecule has 0 saturated heterocycles. The second-order valence-corrected chi connectivity index (χ2v) is 17.7. The first-order valence-corrected chi connectivity index (χ1v) is 28.2. The molecule has 0 spiro atoms. The minimum atomic E-state index is -4.08. The van der Waals surface area contributed by atoms with Gasteiger partial charge in [0.15, 0.2) is 8.38 Å². The van der Waals surface area contributed by atoms with Crippen molar-refractivity contribution in [2.45, 2.75) is 203 Å². The van der Waals surface area contributed by atoms with E-state index in [4.69, 9.17) is 41.4 Å². The van der Waals surface area contributed by atoms with Gasteiger partial charge in [-0.25, -0.2) is 14.3 Å². The van der Waals surface area contributed by atoms with E-state index in [1.807, 2.05) is 69.1 Å². The number of allylic oxidation sites excluding steroid dienone is 1. The normalized spacial score (nSPS) is 13.9. The highest BCUT2D eigenvalue weighted by Gasteiger charge is 2.32. The standard InChI is InChI=1S/C28H61N2O12P3.C6H12O.C5H8.3C2H6/c1-8-9-14-19-28(31)30-21-16-11-13-18-23-37-45(32,42-34-6)38-25-27(40-44(41-33-5)39-26(2)3)24-36-43(7)35-22-17-12-10-15-20-29-4;1-2-3-4-5-6-7;1-5-3-2-4-5;3*1-2/h26-27,29H,8-25H2,1-7H3,(H,30,31);6H,2-5H2,1H3;1-4H2;3*1-2H3. The largest absolute Gasteiger partial charge is 0.502 e. The van der Waals surface area contributed by atoms with Crippen LogP contribution in [0.1, 0.15) is 191 Å². The molecule has 0 aromatic rings. The van der Waals surface area contributed by atoms with E-state index in [-0.39, 0.29) is 31.8 Å². The van der Waals surface area contributed by atoms with E-state index < -0.39 is 30.9 Å². The summed E-state index contributed by atoms with van der Waals surface area (Å²) in [5.41, 5.74) is 1.44. The zero-order valence-corrected chi connectivity index (χ0v) is 45.4. The van der Waals surface area contributed by atoms with Crippen LogP contribution in [0.3, 0.4) is 0 Å². The first-order chi connectivity index (χ1) is 30.5. The predicted octanol–water partition coefficient (Wildman–Crippen LogP) is 13.9. The molecule has 1 amide bonds. The lowest BCUT2D eigenvalue weighted by Crippen LogP contribution is -2.24. The molecule has 1 aliphatic carbocycles. The van der Waals surface area contributed by atoms with Gasteiger partial charge in [0.1, 0.15) is 12.4 Å². The summed E-state index contributed by atoms with van der Waals surface area (Å²) in [4.78, 5) is 30.9. The zero-order valence-electron chi connectivity index (χ0n) is 42.8. The molecule has 4 atom stereocenters. The van der Waals surface area contributed by atoms with Crippen LogP contribution in [0.5, 0.6) is 0 Å². The fourth-order valence-electron chi connectivity index (χ4n) is 4.56. The lowest BCUT2D eigenvalue weighted by molar-refractivity contribution is -0.204. The van der Waals surface area contributed by atoms with Gasteiger partial charge in [-0.05, 0) is 85.2 Å². The van der Waals surface area contributed by atoms with Gasteiger partial charge in [-0.1, -0.05) is 119 Å². The maximum Gasteiger partial charge on any atom is 0.502 e. The minimum Gasteiger partial charge on any atom is -0.356 e. The summed E-state index contributed by atoms with van der Waals surface area (Å²) in [5, 5.41) is 6.09. The van der Waals surface area contributed by atoms with Crippen LogP contribution in [0.4, 0.5) is 0 Å². The van der Waals surface area contributed by atoms with Gasteiger partial charge >= 0.3 is 16.4 Å². The number of carbonyl (C=O) groups is 2. The van der Waals surface area contributed by atoms with Gasteiger partial charge in [0.05, 0.1) is 46.8 Å². The van der Waals surface area contributed by atoms with Crippen molar-refractivity contribution >= 4 is 37.0 Å². The maximum absolute atomic E-state index is 13.2. The lowest BCUT2D eigenvalue weighted by atomic mass is 9.95. The molecule has 0 aliphatic heterocycles. The Labute approximate surface area is 390 Å². The van der Waals surface area contributed by atoms with Gasteiger partial charge in [-0.3, -0.25) is 13.8 Å². The van der Waals surface area contributed by atoms with E-state index in [1.165, 1.54) is 51.9 Å². The third kappa shape index (κ3) is 57.6. The summed E-state index contributed by atoms with van der Waals surface area (Å²) in [6, 6.07) is 0. The molecule has 15 nitrogen and oxygen atoms in total. The average molecular weight is 969 g/mol. The van der Waals surface area contributed by atoms with Crippen LogP contribution in [0.15, 0.2) is 12.2 Å². The zero-order chi connectivity index (χ0) is 48.8. The van der Waals surface area contributed by atoms with E-state index in [2.05, 4.69) is 35.9 Å². The number of hydrogen-bond acceptors (Lipinski definition) is 14. The molecule has 0 bridgehead atoms. The van der Waals surface area contributed by atoms with Crippen molar-refractivity contribution in [1.29, 1.82) is 0 Å². The topological polar surface area (TPSA) is 168 Å². The van der Waals surface area contributed by atoms with Crippen LogP contribution in [0.2, 0.25) is 0 Å². The van der Waals surface area contributed by atoms with Crippen LogP contribution in [0, 0.1) is 0 Å². The Morgan fingerprint density at radius 2 is 1.33 bits per heavy atom. The fourth-order valence-corrected chi connectivity index (χ4v) is 7.39. The van der Waals surface area contributed by atoms with Crippen molar-refractivity contribution < 1.29 is 60.4 Å². The monoisotopic (exact) mass is 969 g/mol. The van der Waals surface area contributed by atoms with Crippen molar-refractivity contribution in [3.8, 4) is 0 Å². The molecule has 18 heteroatoms. The smallest absolute Gasteiger partial charge is 0.356 e. The molecule has 0 aromatic heterocycles. The number of rotatable bonds is 38. The summed E-state index contributed by atoms with van der Waals surface area (Å²) in [7, 11) is -2.68. The summed E-state index contributed by atoms with van der Waals surface area (Å²) >= 11 is 0. The summed E-state index contributed by atoms with van der Waals surface area (Å²) in [6.07, 6.45) is 19.3. The number of nitrogens with one attached hydrogen (secondary N) is 2. The minimum absolute atomic E-state index is 0.0415. The molecule has 1 rings (SSSR count). The Morgan fingerprint density at radius 1 is 0.762 bits per heavy atom. The summed E-state index contributed by atoms with van der Waals surface area (Å²) in [5.74, 6) is 0.0979. The van der Waals surface area contributed by atoms with E-state index in [0.29, 0.717) is 26.0 Å². The molecule has 63 heavy (non-hydrogen) atoms. The second-order valence-electron chi connectivity index (χ2n) is 13.7. The Balaban J connectivity index is -0.000000519. The molecule has 1 saturated carbocycles. The number of aldehydes is 1. The Bertz CT molecular complexity index is 970. The second kappa shape index (κ2) is 59.5. The van der Waals surface area contributed by atoms with Crippen LogP contribution < -0.4 is 10.6 Å². The first-order valence-electron chi connectivity index (χ1n) is 24.0. The summed E-state index contributed by atoms with van der Waals surface area (Å²) < 4.78 is 57.6. The number of carbonyl (C=O) groups excluding carboxylic acids is 2. The highest BCUT2D eigenvalue weighted by molar-refractivity contribution is 7.48. The van der Waals surface area contributed by atoms with Crippen molar-refractivity contribution in [3.05, 3.63) is 12.2 Å². The van der Waals surface area contributed by atoms with Gasteiger partial charge in [0, 0.05) is 26.1 Å². The van der Waals surface area contributed by atoms with Gasteiger partial charge in [-0.2, -0.15) is 4.67 Å². The Kier molecular flexibility index (Phi) is 67.6. The third-order valence-electron chi connectivity index (χ3n) is 7.92. The lowest BCUT2D eigenvalue weighted by Gasteiger charge is -2.25. The maximum atomic E-state index is 13.2. The quantitative estimate of drug-likeness (QED) is 0.0150. The third-order valence-corrected chi connectivity index (χ3v) is 11.6. The molecule has 0 heterocycles. The average Bonchev–Trinajstić information content (AvgIpc) is 3.27. The van der Waals surface area contributed by atoms with Crippen molar-refractivity contribution in [2.75, 3.05) is 67.4 Å². The Hall–Kier alpha value is -0.470. The molecule has 4 unspecified atom stereocenters. The van der Waals surface area contributed by atoms with E-state index in [9.17, 15) is 14.2 Å². The first kappa shape index (κ1) is 71.5. The van der Waals surface area contributed by atoms with Gasteiger partial charge < -0.3 is 33.5 Å². The van der Waals surface area contributed by atoms with Gasteiger partial charge in [0.2, 0.25) is 5.91 Å². The molecule has 2 N–H and O–H groups in total. The van der Waals surface area contributed by atoms with Crippen molar-refractivity contribution in [2.24, 2.45) is 0 Å². The molecular weight excluding hydrogens is 869 g/mol. The SMILES string of the molecule is C=C1CCC1.CC.CC.CC.CCCCCC(=O)NCCCCCCOP(=O)(OCC(COP(C)OCCCCCCNC)OP(OOC)OC(C)C)OOC.CCCCCC=O. The number of unbranched alkanes of at least 4 members (excludes halogenated alkanes) is 11. The Morgan fingerprint density at radius 3 is 1.84 bits per heavy atom. The molecule has 0 aromatic carbocycles. The van der Waals surface area contributed by atoms with Crippen LogP contribution in [-0.2, 0) is 60.4 Å². The molecular formula is C45H99N2O13P3. The van der Waals surface area contributed by atoms with E-state index in [0.717, 1.165) is 89.9 Å². The van der Waals surface area contributed by atoms with Crippen molar-refractivity contribution in [3.63, 3.8) is 0 Å². The van der Waals surface area contributed by atoms with Crippen molar-refractivity contribution in [1.82, 2.24) is 10.6 Å². The number of amides is 1.